The summed E-state index contributed by atoms with van der Waals surface area (Å²) in [5.74, 6) is 0.00463. The predicted octanol–water partition coefficient (Wildman–Crippen LogP) is 1.64. The van der Waals surface area contributed by atoms with Crippen molar-refractivity contribution in [3.8, 4) is 11.1 Å². The van der Waals surface area contributed by atoms with Gasteiger partial charge in [0.15, 0.2) is 0 Å². The van der Waals surface area contributed by atoms with E-state index in [1.54, 1.807) is 7.05 Å². The molecule has 1 fully saturated rings. The highest BCUT2D eigenvalue weighted by Crippen LogP contribution is 2.20. The second kappa shape index (κ2) is 9.32. The number of hydrogen-bond acceptors (Lipinski definition) is 4. The van der Waals surface area contributed by atoms with Crippen molar-refractivity contribution in [3.05, 3.63) is 60.2 Å². The molecule has 1 amide bonds. The number of aliphatic hydroxyl groups excluding tert-OH is 2. The molecule has 5 heteroatoms. The molecule has 2 atom stereocenters. The Labute approximate surface area is 148 Å². The van der Waals surface area contributed by atoms with E-state index in [9.17, 15) is 15.0 Å². The summed E-state index contributed by atoms with van der Waals surface area (Å²) in [4.78, 5) is 11.8. The number of amides is 1. The summed E-state index contributed by atoms with van der Waals surface area (Å²) in [6.45, 7) is 3.33. The van der Waals surface area contributed by atoms with E-state index in [0.717, 1.165) is 6.54 Å². The van der Waals surface area contributed by atoms with Crippen LogP contribution in [0.2, 0.25) is 0 Å². The molecule has 0 spiro atoms. The Morgan fingerprint density at radius 3 is 1.96 bits per heavy atom. The van der Waals surface area contributed by atoms with Crippen molar-refractivity contribution in [3.63, 3.8) is 0 Å². The average Bonchev–Trinajstić information content (AvgIpc) is 2.94. The summed E-state index contributed by atoms with van der Waals surface area (Å²) in [6.07, 6.45) is -1.22. The summed E-state index contributed by atoms with van der Waals surface area (Å²) in [5, 5.41) is 21.5. The maximum Gasteiger partial charge on any atom is 0.216 e. The predicted molar refractivity (Wildman–Crippen MR) is 98.9 cm³/mol. The van der Waals surface area contributed by atoms with Gasteiger partial charge >= 0.3 is 0 Å². The first kappa shape index (κ1) is 19.1. The molecule has 5 nitrogen and oxygen atoms in total. The number of rotatable bonds is 3. The van der Waals surface area contributed by atoms with Gasteiger partial charge in [0.05, 0.1) is 12.2 Å². The Balaban J connectivity index is 0.000000399. The van der Waals surface area contributed by atoms with Crippen LogP contribution in [0.15, 0.2) is 54.6 Å². The molecule has 1 aliphatic heterocycles. The summed E-state index contributed by atoms with van der Waals surface area (Å²) in [7, 11) is 1.60. The molecule has 0 aromatic heterocycles. The summed E-state index contributed by atoms with van der Waals surface area (Å²) in [6, 6.07) is 18.7. The molecular weight excluding hydrogens is 316 g/mol. The van der Waals surface area contributed by atoms with Gasteiger partial charge in [-0.2, -0.15) is 0 Å². The van der Waals surface area contributed by atoms with Crippen LogP contribution in [0.3, 0.4) is 0 Å². The molecule has 1 aliphatic rings. The molecule has 25 heavy (non-hydrogen) atoms. The van der Waals surface area contributed by atoms with Crippen LogP contribution in [0, 0.1) is 0 Å². The SMILES string of the molecule is CNC(C)=O.OC1CN(Cc2ccc(-c3ccccc3)cc2)CC1O. The quantitative estimate of drug-likeness (QED) is 0.793. The molecule has 1 saturated heterocycles. The number of aliphatic hydroxyl groups is 2. The van der Waals surface area contributed by atoms with Crippen LogP contribution in [0.4, 0.5) is 0 Å². The van der Waals surface area contributed by atoms with Crippen LogP contribution in [0.1, 0.15) is 12.5 Å². The van der Waals surface area contributed by atoms with Crippen LogP contribution in [0.25, 0.3) is 11.1 Å². The Morgan fingerprint density at radius 2 is 1.48 bits per heavy atom. The lowest BCUT2D eigenvalue weighted by molar-refractivity contribution is -0.118. The van der Waals surface area contributed by atoms with Crippen molar-refractivity contribution < 1.29 is 15.0 Å². The first-order valence-electron chi connectivity index (χ1n) is 8.40. The van der Waals surface area contributed by atoms with Crippen LogP contribution in [-0.4, -0.2) is 53.4 Å². The number of hydrogen-bond donors (Lipinski definition) is 3. The zero-order valence-electron chi connectivity index (χ0n) is 14.7. The van der Waals surface area contributed by atoms with Gasteiger partial charge in [0.1, 0.15) is 0 Å². The molecule has 2 aromatic rings. The third-order valence-corrected chi connectivity index (χ3v) is 4.15. The van der Waals surface area contributed by atoms with E-state index < -0.39 is 12.2 Å². The molecule has 3 rings (SSSR count). The number of likely N-dealkylation sites (tertiary alicyclic amines) is 1. The lowest BCUT2D eigenvalue weighted by Gasteiger charge is -2.15. The summed E-state index contributed by atoms with van der Waals surface area (Å²) >= 11 is 0. The lowest BCUT2D eigenvalue weighted by Crippen LogP contribution is -2.22. The van der Waals surface area contributed by atoms with Crippen molar-refractivity contribution in [2.24, 2.45) is 0 Å². The van der Waals surface area contributed by atoms with E-state index in [1.165, 1.54) is 23.6 Å². The Kier molecular flexibility index (Phi) is 7.13. The fourth-order valence-corrected chi connectivity index (χ4v) is 2.67. The third-order valence-electron chi connectivity index (χ3n) is 4.15. The minimum Gasteiger partial charge on any atom is -0.389 e. The summed E-state index contributed by atoms with van der Waals surface area (Å²) in [5.41, 5.74) is 3.62. The molecule has 3 N–H and O–H groups in total. The zero-order chi connectivity index (χ0) is 18.2. The minimum atomic E-state index is -0.612. The summed E-state index contributed by atoms with van der Waals surface area (Å²) < 4.78 is 0. The highest BCUT2D eigenvalue weighted by molar-refractivity contribution is 5.72. The number of β-amino-alcohol motifs (C(OH)–C–C–N with tert-alkyl or cyclic N) is 2. The van der Waals surface area contributed by atoms with Crippen molar-refractivity contribution in [2.45, 2.75) is 25.7 Å². The van der Waals surface area contributed by atoms with E-state index in [2.05, 4.69) is 46.6 Å². The highest BCUT2D eigenvalue weighted by Gasteiger charge is 2.29. The lowest BCUT2D eigenvalue weighted by atomic mass is 10.0. The molecule has 0 aliphatic carbocycles. The van der Waals surface area contributed by atoms with Gasteiger partial charge in [-0.25, -0.2) is 0 Å². The first-order valence-corrected chi connectivity index (χ1v) is 8.40. The monoisotopic (exact) mass is 342 g/mol. The maximum atomic E-state index is 9.70. The maximum absolute atomic E-state index is 9.70. The van der Waals surface area contributed by atoms with Gasteiger partial charge in [-0.05, 0) is 16.7 Å². The van der Waals surface area contributed by atoms with Gasteiger partial charge in [-0.15, -0.1) is 0 Å². The van der Waals surface area contributed by atoms with E-state index in [0.29, 0.717) is 13.1 Å². The Morgan fingerprint density at radius 1 is 1.00 bits per heavy atom. The van der Waals surface area contributed by atoms with Crippen LogP contribution >= 0.6 is 0 Å². The molecule has 1 heterocycles. The van der Waals surface area contributed by atoms with Gasteiger partial charge < -0.3 is 15.5 Å². The van der Waals surface area contributed by atoms with Gasteiger partial charge in [0, 0.05) is 33.6 Å². The van der Waals surface area contributed by atoms with Gasteiger partial charge in [0.2, 0.25) is 5.91 Å². The van der Waals surface area contributed by atoms with Crippen LogP contribution < -0.4 is 5.32 Å². The molecule has 0 radical (unpaired) electrons. The average molecular weight is 342 g/mol. The van der Waals surface area contributed by atoms with Gasteiger partial charge in [0.25, 0.3) is 0 Å². The Bertz CT molecular complexity index is 648. The molecule has 134 valence electrons. The highest BCUT2D eigenvalue weighted by atomic mass is 16.3. The van der Waals surface area contributed by atoms with Crippen molar-refractivity contribution >= 4 is 5.91 Å². The standard InChI is InChI=1S/C17H19NO2.C3H7NO/c19-16-11-18(12-17(16)20)10-13-6-8-15(9-7-13)14-4-2-1-3-5-14;1-3(5)4-2/h1-9,16-17,19-20H,10-12H2;1-2H3,(H,4,5). The minimum absolute atomic E-state index is 0.00463. The Hall–Kier alpha value is -2.21. The van der Waals surface area contributed by atoms with Gasteiger partial charge in [-0.1, -0.05) is 54.6 Å². The van der Waals surface area contributed by atoms with Gasteiger partial charge in [-0.3, -0.25) is 9.69 Å². The molecule has 2 unspecified atom stereocenters. The van der Waals surface area contributed by atoms with Crippen LogP contribution in [0.5, 0.6) is 0 Å². The number of nitrogens with one attached hydrogen (secondary N) is 1. The molecule has 2 aromatic carbocycles. The first-order chi connectivity index (χ1) is 12.0. The second-order valence-corrected chi connectivity index (χ2v) is 6.20. The topological polar surface area (TPSA) is 72.8 Å². The number of carbonyl (C=O) groups excluding carboxylic acids is 1. The van der Waals surface area contributed by atoms with E-state index in [-0.39, 0.29) is 5.91 Å². The second-order valence-electron chi connectivity index (χ2n) is 6.20. The number of carbonyl (C=O) groups is 1. The van der Waals surface area contributed by atoms with E-state index in [1.807, 2.05) is 18.2 Å². The fraction of sp³-hybridized carbons (Fsp3) is 0.350. The third kappa shape index (κ3) is 5.98. The van der Waals surface area contributed by atoms with Crippen LogP contribution in [-0.2, 0) is 11.3 Å². The van der Waals surface area contributed by atoms with E-state index >= 15 is 0 Å². The largest absolute Gasteiger partial charge is 0.389 e. The van der Waals surface area contributed by atoms with E-state index in [4.69, 9.17) is 0 Å². The smallest absolute Gasteiger partial charge is 0.216 e. The molecular formula is C20H26N2O3. The number of nitrogens with zero attached hydrogens (tertiary/aromatic N) is 1. The van der Waals surface area contributed by atoms with Crippen molar-refractivity contribution in [1.82, 2.24) is 10.2 Å². The fourth-order valence-electron chi connectivity index (χ4n) is 2.67. The molecule has 0 bridgehead atoms. The molecule has 0 saturated carbocycles. The zero-order valence-corrected chi connectivity index (χ0v) is 14.7. The normalized spacial score (nSPS) is 19.8. The van der Waals surface area contributed by atoms with Crippen molar-refractivity contribution in [1.29, 1.82) is 0 Å². The number of benzene rings is 2. The van der Waals surface area contributed by atoms with Crippen molar-refractivity contribution in [2.75, 3.05) is 20.1 Å².